The van der Waals surface area contributed by atoms with Gasteiger partial charge in [-0.2, -0.15) is 4.39 Å². The van der Waals surface area contributed by atoms with E-state index >= 15 is 0 Å². The van der Waals surface area contributed by atoms with Gasteiger partial charge in [-0.15, -0.1) is 0 Å². The maximum atomic E-state index is 13.4. The van der Waals surface area contributed by atoms with Crippen LogP contribution >= 0.6 is 15.9 Å². The zero-order chi connectivity index (χ0) is 14.0. The molecule has 6 nitrogen and oxygen atoms in total. The zero-order valence-corrected chi connectivity index (χ0v) is 10.9. The molecule has 2 rings (SSSR count). The maximum Gasteiger partial charge on any atom is 0.305 e. The topological polar surface area (TPSA) is 91.3 Å². The van der Waals surface area contributed by atoms with E-state index in [0.717, 1.165) is 12.1 Å². The smallest absolute Gasteiger partial charge is 0.305 e. The van der Waals surface area contributed by atoms with E-state index in [9.17, 15) is 14.5 Å². The van der Waals surface area contributed by atoms with Crippen LogP contribution in [0.2, 0.25) is 0 Å². The Morgan fingerprint density at radius 2 is 2.16 bits per heavy atom. The number of halogens is 2. The summed E-state index contributed by atoms with van der Waals surface area (Å²) in [6.07, 6.45) is 1.47. The fraction of sp³-hybridized carbons (Fsp3) is 0. The van der Waals surface area contributed by atoms with Gasteiger partial charge in [-0.25, -0.2) is 4.98 Å². The lowest BCUT2D eigenvalue weighted by atomic mass is 10.3. The van der Waals surface area contributed by atoms with Gasteiger partial charge in [0.2, 0.25) is 11.7 Å². The Hall–Kier alpha value is -2.22. The van der Waals surface area contributed by atoms with E-state index in [-0.39, 0.29) is 17.3 Å². The monoisotopic (exact) mass is 327 g/mol. The summed E-state index contributed by atoms with van der Waals surface area (Å²) in [5.41, 5.74) is 5.30. The number of hydrogen-bond acceptors (Lipinski definition) is 5. The second kappa shape index (κ2) is 5.19. The van der Waals surface area contributed by atoms with E-state index in [0.29, 0.717) is 4.47 Å². The minimum absolute atomic E-state index is 0.0737. The molecular weight excluding hydrogens is 321 g/mol. The highest BCUT2D eigenvalue weighted by Gasteiger charge is 2.15. The van der Waals surface area contributed by atoms with Crippen molar-refractivity contribution in [3.63, 3.8) is 0 Å². The van der Waals surface area contributed by atoms with E-state index in [1.165, 1.54) is 12.3 Å². The molecule has 0 aliphatic carbocycles. The SMILES string of the molecule is Nc1cc(Br)cnc1Oc1ccc([N+](=O)[O-])c(F)c1. The first-order valence-electron chi connectivity index (χ1n) is 5.00. The minimum atomic E-state index is -0.988. The predicted molar refractivity (Wildman–Crippen MR) is 69.5 cm³/mol. The lowest BCUT2D eigenvalue weighted by Gasteiger charge is -2.07. The van der Waals surface area contributed by atoms with Crippen LogP contribution in [0.5, 0.6) is 11.6 Å². The second-order valence-corrected chi connectivity index (χ2v) is 4.44. The van der Waals surface area contributed by atoms with Crippen molar-refractivity contribution in [3.8, 4) is 11.6 Å². The first kappa shape index (κ1) is 13.2. The third-order valence-corrected chi connectivity index (χ3v) is 2.61. The molecule has 1 aromatic carbocycles. The molecule has 8 heteroatoms. The van der Waals surface area contributed by atoms with E-state index < -0.39 is 16.4 Å². The number of pyridine rings is 1. The molecule has 0 aliphatic heterocycles. The summed E-state index contributed by atoms with van der Waals surface area (Å²) in [7, 11) is 0. The van der Waals surface area contributed by atoms with Crippen LogP contribution in [0.25, 0.3) is 0 Å². The maximum absolute atomic E-state index is 13.4. The summed E-state index contributed by atoms with van der Waals surface area (Å²) in [6.45, 7) is 0. The highest BCUT2D eigenvalue weighted by Crippen LogP contribution is 2.29. The van der Waals surface area contributed by atoms with Gasteiger partial charge in [0, 0.05) is 22.8 Å². The van der Waals surface area contributed by atoms with Crippen molar-refractivity contribution in [3.05, 3.63) is 50.9 Å². The Balaban J connectivity index is 2.29. The molecule has 0 atom stereocenters. The number of aromatic nitrogens is 1. The van der Waals surface area contributed by atoms with Crippen LogP contribution in [0.3, 0.4) is 0 Å². The van der Waals surface area contributed by atoms with Crippen LogP contribution < -0.4 is 10.5 Å². The zero-order valence-electron chi connectivity index (χ0n) is 9.34. The molecule has 0 spiro atoms. The molecule has 0 aliphatic rings. The summed E-state index contributed by atoms with van der Waals surface area (Å²) in [4.78, 5) is 13.6. The van der Waals surface area contributed by atoms with Crippen LogP contribution in [0.15, 0.2) is 34.9 Å². The van der Waals surface area contributed by atoms with Gasteiger partial charge in [0.15, 0.2) is 0 Å². The van der Waals surface area contributed by atoms with Crippen molar-refractivity contribution in [2.75, 3.05) is 5.73 Å². The standard InChI is InChI=1S/C11H7BrFN3O3/c12-6-3-9(14)11(15-5-6)19-7-1-2-10(16(17)18)8(13)4-7/h1-5H,14H2. The number of nitrogen functional groups attached to an aromatic ring is 1. The first-order chi connectivity index (χ1) is 8.97. The summed E-state index contributed by atoms with van der Waals surface area (Å²) in [6, 6.07) is 4.76. The summed E-state index contributed by atoms with van der Waals surface area (Å²) < 4.78 is 19.3. The van der Waals surface area contributed by atoms with Crippen LogP contribution in [0.1, 0.15) is 0 Å². The van der Waals surface area contributed by atoms with Gasteiger partial charge in [0.25, 0.3) is 0 Å². The quantitative estimate of drug-likeness (QED) is 0.690. The van der Waals surface area contributed by atoms with Gasteiger partial charge in [-0.05, 0) is 28.1 Å². The normalized spacial score (nSPS) is 10.2. The molecule has 0 unspecified atom stereocenters. The lowest BCUT2D eigenvalue weighted by molar-refractivity contribution is -0.387. The lowest BCUT2D eigenvalue weighted by Crippen LogP contribution is -1.96. The minimum Gasteiger partial charge on any atom is -0.437 e. The van der Waals surface area contributed by atoms with Gasteiger partial charge < -0.3 is 10.5 Å². The molecule has 98 valence electrons. The number of nitrogens with zero attached hydrogens (tertiary/aromatic N) is 2. The van der Waals surface area contributed by atoms with Gasteiger partial charge in [-0.1, -0.05) is 0 Å². The highest BCUT2D eigenvalue weighted by molar-refractivity contribution is 9.10. The van der Waals surface area contributed by atoms with Gasteiger partial charge in [0.1, 0.15) is 5.75 Å². The number of nitro benzene ring substituents is 1. The average molecular weight is 328 g/mol. The van der Waals surface area contributed by atoms with E-state index in [1.807, 2.05) is 0 Å². The molecule has 1 aromatic heterocycles. The van der Waals surface area contributed by atoms with Crippen LogP contribution in [-0.4, -0.2) is 9.91 Å². The third-order valence-electron chi connectivity index (χ3n) is 2.18. The molecule has 0 radical (unpaired) electrons. The van der Waals surface area contributed by atoms with Crippen molar-refractivity contribution in [2.24, 2.45) is 0 Å². The van der Waals surface area contributed by atoms with Gasteiger partial charge in [-0.3, -0.25) is 10.1 Å². The number of rotatable bonds is 3. The Morgan fingerprint density at radius 1 is 1.42 bits per heavy atom. The molecule has 2 aromatic rings. The van der Waals surface area contributed by atoms with Crippen LogP contribution in [-0.2, 0) is 0 Å². The second-order valence-electron chi connectivity index (χ2n) is 3.52. The molecular formula is C11H7BrFN3O3. The average Bonchev–Trinajstić information content (AvgIpc) is 2.32. The number of nitrogens with two attached hydrogens (primary N) is 1. The fourth-order valence-corrected chi connectivity index (χ4v) is 1.69. The Labute approximate surface area is 115 Å². The van der Waals surface area contributed by atoms with Crippen LogP contribution in [0.4, 0.5) is 15.8 Å². The molecule has 0 fully saturated rings. The first-order valence-corrected chi connectivity index (χ1v) is 5.79. The summed E-state index contributed by atoms with van der Waals surface area (Å²) in [5, 5.41) is 10.5. The Kier molecular flexibility index (Phi) is 3.61. The van der Waals surface area contributed by atoms with E-state index in [1.54, 1.807) is 6.07 Å². The van der Waals surface area contributed by atoms with Gasteiger partial charge in [0.05, 0.1) is 10.6 Å². The number of hydrogen-bond donors (Lipinski definition) is 1. The number of benzene rings is 1. The molecule has 2 N–H and O–H groups in total. The van der Waals surface area contributed by atoms with Crippen LogP contribution in [0, 0.1) is 15.9 Å². The third kappa shape index (κ3) is 2.97. The number of nitro groups is 1. The molecule has 1 heterocycles. The van der Waals surface area contributed by atoms with E-state index in [2.05, 4.69) is 20.9 Å². The molecule has 0 amide bonds. The summed E-state index contributed by atoms with van der Waals surface area (Å²) >= 11 is 3.19. The van der Waals surface area contributed by atoms with E-state index in [4.69, 9.17) is 10.5 Å². The van der Waals surface area contributed by atoms with Gasteiger partial charge >= 0.3 is 5.69 Å². The molecule has 0 bridgehead atoms. The molecule has 0 saturated carbocycles. The van der Waals surface area contributed by atoms with Crippen molar-refractivity contribution >= 4 is 27.3 Å². The highest BCUT2D eigenvalue weighted by atomic mass is 79.9. The summed E-state index contributed by atoms with van der Waals surface area (Å²) in [5.74, 6) is -0.820. The molecule has 0 saturated heterocycles. The number of anilines is 1. The van der Waals surface area contributed by atoms with Crippen molar-refractivity contribution < 1.29 is 14.1 Å². The van der Waals surface area contributed by atoms with Crippen molar-refractivity contribution in [1.29, 1.82) is 0 Å². The van der Waals surface area contributed by atoms with Crippen molar-refractivity contribution in [2.45, 2.75) is 0 Å². The Bertz CT molecular complexity index is 651. The largest absolute Gasteiger partial charge is 0.437 e. The molecule has 19 heavy (non-hydrogen) atoms. The fourth-order valence-electron chi connectivity index (χ4n) is 1.34. The Morgan fingerprint density at radius 3 is 2.74 bits per heavy atom. The number of ether oxygens (including phenoxy) is 1. The predicted octanol–water partition coefficient (Wildman–Crippen LogP) is 3.27. The van der Waals surface area contributed by atoms with Crippen molar-refractivity contribution in [1.82, 2.24) is 4.98 Å².